The van der Waals surface area contributed by atoms with Crippen LogP contribution in [0.15, 0.2) is 59.1 Å². The molecule has 35 heavy (non-hydrogen) atoms. The van der Waals surface area contributed by atoms with Crippen molar-refractivity contribution in [1.29, 1.82) is 0 Å². The molecule has 0 N–H and O–H groups in total. The molecule has 0 saturated carbocycles. The molecule has 1 fully saturated rings. The topological polar surface area (TPSA) is 88.4 Å². The summed E-state index contributed by atoms with van der Waals surface area (Å²) in [5.74, 6) is 1.09. The van der Waals surface area contributed by atoms with E-state index in [1.807, 2.05) is 37.4 Å². The first-order chi connectivity index (χ1) is 17.0. The van der Waals surface area contributed by atoms with Gasteiger partial charge in [0.05, 0.1) is 19.8 Å². The number of amides is 2. The van der Waals surface area contributed by atoms with Gasteiger partial charge >= 0.3 is 0 Å². The van der Waals surface area contributed by atoms with Crippen molar-refractivity contribution < 1.29 is 23.6 Å². The lowest BCUT2D eigenvalue weighted by Gasteiger charge is -2.34. The highest BCUT2D eigenvalue weighted by atomic mass is 16.5. The first kappa shape index (κ1) is 24.3. The molecule has 0 bridgehead atoms. The predicted molar refractivity (Wildman–Crippen MR) is 130 cm³/mol. The molecule has 0 unspecified atom stereocenters. The summed E-state index contributed by atoms with van der Waals surface area (Å²) >= 11 is 0. The zero-order chi connectivity index (χ0) is 24.8. The minimum absolute atomic E-state index is 0.0396. The number of piperazine rings is 1. The van der Waals surface area contributed by atoms with E-state index >= 15 is 0 Å². The number of rotatable bonds is 8. The van der Waals surface area contributed by atoms with Crippen LogP contribution in [0, 0.1) is 0 Å². The minimum atomic E-state index is -0.381. The third-order valence-electron chi connectivity index (χ3n) is 6.09. The molecule has 2 heterocycles. The summed E-state index contributed by atoms with van der Waals surface area (Å²) in [6, 6.07) is 16.4. The Morgan fingerprint density at radius 2 is 1.74 bits per heavy atom. The molecule has 1 aliphatic rings. The van der Waals surface area contributed by atoms with E-state index < -0.39 is 0 Å². The number of benzene rings is 2. The Balaban J connectivity index is 1.57. The smallest absolute Gasteiger partial charge is 0.276 e. The summed E-state index contributed by atoms with van der Waals surface area (Å²) in [6.45, 7) is 3.16. The van der Waals surface area contributed by atoms with E-state index in [0.29, 0.717) is 35.9 Å². The van der Waals surface area contributed by atoms with Gasteiger partial charge in [-0.15, -0.1) is 0 Å². The van der Waals surface area contributed by atoms with Gasteiger partial charge in [-0.2, -0.15) is 0 Å². The maximum atomic E-state index is 13.5. The molecule has 0 spiro atoms. The summed E-state index contributed by atoms with van der Waals surface area (Å²) in [7, 11) is 5.16. The number of carbonyl (C=O) groups is 2. The Hall–Kier alpha value is -3.85. The zero-order valence-electron chi connectivity index (χ0n) is 20.3. The van der Waals surface area contributed by atoms with Crippen molar-refractivity contribution in [3.05, 3.63) is 65.9 Å². The Bertz CT molecular complexity index is 1160. The van der Waals surface area contributed by atoms with Crippen LogP contribution in [0.3, 0.4) is 0 Å². The van der Waals surface area contributed by atoms with E-state index in [0.717, 1.165) is 18.7 Å². The highest BCUT2D eigenvalue weighted by molar-refractivity contribution is 5.95. The van der Waals surface area contributed by atoms with Crippen LogP contribution >= 0.6 is 0 Å². The molecule has 1 saturated heterocycles. The molecule has 2 aromatic carbocycles. The maximum Gasteiger partial charge on any atom is 0.276 e. The first-order valence-corrected chi connectivity index (χ1v) is 11.5. The molecule has 9 nitrogen and oxygen atoms in total. The van der Waals surface area contributed by atoms with Crippen LogP contribution in [-0.4, -0.2) is 85.7 Å². The average Bonchev–Trinajstić information content (AvgIpc) is 3.38. The average molecular weight is 479 g/mol. The third-order valence-corrected chi connectivity index (χ3v) is 6.09. The van der Waals surface area contributed by atoms with Gasteiger partial charge < -0.3 is 28.7 Å². The number of methoxy groups -OCH3 is 2. The summed E-state index contributed by atoms with van der Waals surface area (Å²) in [5, 5.41) is 4.02. The highest BCUT2D eigenvalue weighted by Crippen LogP contribution is 2.34. The lowest BCUT2D eigenvalue weighted by atomic mass is 10.1. The number of carbonyl (C=O) groups excluding carboxylic acids is 2. The fourth-order valence-corrected chi connectivity index (χ4v) is 3.99. The monoisotopic (exact) mass is 478 g/mol. The van der Waals surface area contributed by atoms with E-state index in [1.54, 1.807) is 43.4 Å². The fourth-order valence-electron chi connectivity index (χ4n) is 3.99. The van der Waals surface area contributed by atoms with Crippen molar-refractivity contribution in [3.8, 4) is 22.8 Å². The number of ether oxygens (including phenoxy) is 2. The number of hydrogen-bond donors (Lipinski definition) is 0. The van der Waals surface area contributed by atoms with E-state index in [-0.39, 0.29) is 30.6 Å². The number of likely N-dealkylation sites (N-methyl/N-ethyl adjacent to an activating group) is 1. The molecular formula is C26H30N4O5. The quantitative estimate of drug-likeness (QED) is 0.492. The third kappa shape index (κ3) is 5.81. The van der Waals surface area contributed by atoms with Gasteiger partial charge in [0, 0.05) is 38.8 Å². The number of hydrogen-bond acceptors (Lipinski definition) is 7. The summed E-state index contributed by atoms with van der Waals surface area (Å²) < 4.78 is 16.2. The molecule has 1 aliphatic heterocycles. The molecule has 4 rings (SSSR count). The molecule has 0 atom stereocenters. The van der Waals surface area contributed by atoms with Gasteiger partial charge in [-0.25, -0.2) is 0 Å². The minimum Gasteiger partial charge on any atom is -0.497 e. The van der Waals surface area contributed by atoms with E-state index in [4.69, 9.17) is 14.0 Å². The molecule has 184 valence electrons. The van der Waals surface area contributed by atoms with Crippen molar-refractivity contribution in [2.45, 2.75) is 6.54 Å². The number of nitrogens with zero attached hydrogens (tertiary/aromatic N) is 4. The van der Waals surface area contributed by atoms with Gasteiger partial charge in [-0.1, -0.05) is 35.5 Å². The Morgan fingerprint density at radius 3 is 2.43 bits per heavy atom. The first-order valence-electron chi connectivity index (χ1n) is 11.5. The molecule has 0 aliphatic carbocycles. The van der Waals surface area contributed by atoms with Crippen molar-refractivity contribution in [2.24, 2.45) is 0 Å². The second-order valence-electron chi connectivity index (χ2n) is 8.47. The lowest BCUT2D eigenvalue weighted by molar-refractivity contribution is -0.133. The highest BCUT2D eigenvalue weighted by Gasteiger charge is 2.27. The summed E-state index contributed by atoms with van der Waals surface area (Å²) in [4.78, 5) is 32.1. The van der Waals surface area contributed by atoms with Crippen molar-refractivity contribution >= 4 is 11.8 Å². The zero-order valence-corrected chi connectivity index (χ0v) is 20.3. The molecule has 9 heteroatoms. The SMILES string of the molecule is COc1ccc(OC)c(-c2cc(C(=O)N(CC(=O)N3CCN(C)CC3)Cc3ccccc3)no2)c1. The van der Waals surface area contributed by atoms with E-state index in [2.05, 4.69) is 10.1 Å². The number of aromatic nitrogens is 1. The molecule has 3 aromatic rings. The second-order valence-corrected chi connectivity index (χ2v) is 8.47. The van der Waals surface area contributed by atoms with Crippen LogP contribution in [0.2, 0.25) is 0 Å². The van der Waals surface area contributed by atoms with Crippen molar-refractivity contribution in [1.82, 2.24) is 19.9 Å². The molecule has 1 aromatic heterocycles. The molecule has 2 amide bonds. The van der Waals surface area contributed by atoms with Crippen LogP contribution in [0.5, 0.6) is 11.5 Å². The van der Waals surface area contributed by atoms with Crippen LogP contribution in [0.1, 0.15) is 16.1 Å². The summed E-state index contributed by atoms with van der Waals surface area (Å²) in [6.07, 6.45) is 0. The van der Waals surface area contributed by atoms with Gasteiger partial charge in [0.25, 0.3) is 5.91 Å². The molecule has 0 radical (unpaired) electrons. The predicted octanol–water partition coefficient (Wildman–Crippen LogP) is 2.78. The van der Waals surface area contributed by atoms with Crippen LogP contribution in [0.4, 0.5) is 0 Å². The van der Waals surface area contributed by atoms with Crippen molar-refractivity contribution in [2.75, 3.05) is 54.0 Å². The van der Waals surface area contributed by atoms with E-state index in [1.165, 1.54) is 4.90 Å². The van der Waals surface area contributed by atoms with Gasteiger partial charge in [-0.05, 0) is 30.8 Å². The Labute approximate surface area is 204 Å². The van der Waals surface area contributed by atoms with Gasteiger partial charge in [0.15, 0.2) is 11.5 Å². The van der Waals surface area contributed by atoms with Gasteiger partial charge in [-0.3, -0.25) is 9.59 Å². The molecular weight excluding hydrogens is 448 g/mol. The van der Waals surface area contributed by atoms with Crippen molar-refractivity contribution in [3.63, 3.8) is 0 Å². The Kier molecular flexibility index (Phi) is 7.67. The van der Waals surface area contributed by atoms with Gasteiger partial charge in [0.2, 0.25) is 5.91 Å². The van der Waals surface area contributed by atoms with Crippen LogP contribution < -0.4 is 9.47 Å². The normalized spacial score (nSPS) is 14.0. The maximum absolute atomic E-state index is 13.5. The fraction of sp³-hybridized carbons (Fsp3) is 0.346. The lowest BCUT2D eigenvalue weighted by Crippen LogP contribution is -2.50. The second kappa shape index (κ2) is 11.1. The summed E-state index contributed by atoms with van der Waals surface area (Å²) in [5.41, 5.74) is 1.65. The van der Waals surface area contributed by atoms with E-state index in [9.17, 15) is 9.59 Å². The van der Waals surface area contributed by atoms with Gasteiger partial charge in [0.1, 0.15) is 18.0 Å². The standard InChI is InChI=1S/C26H30N4O5/c1-28-11-13-29(14-12-28)25(31)18-30(17-19-7-5-4-6-8-19)26(32)22-16-24(35-27-22)21-15-20(33-2)9-10-23(21)34-3/h4-10,15-16H,11-14,17-18H2,1-3H3. The van der Waals surface area contributed by atoms with Crippen LogP contribution in [-0.2, 0) is 11.3 Å². The van der Waals surface area contributed by atoms with Crippen LogP contribution in [0.25, 0.3) is 11.3 Å². The Morgan fingerprint density at radius 1 is 1.00 bits per heavy atom. The largest absolute Gasteiger partial charge is 0.497 e.